The summed E-state index contributed by atoms with van der Waals surface area (Å²) >= 11 is 0. The van der Waals surface area contributed by atoms with E-state index in [2.05, 4.69) is 25.7 Å². The summed E-state index contributed by atoms with van der Waals surface area (Å²) in [6.07, 6.45) is 1.53. The molecule has 160 valence electrons. The van der Waals surface area contributed by atoms with Crippen LogP contribution in [0.5, 0.6) is 0 Å². The van der Waals surface area contributed by atoms with Crippen LogP contribution in [0.4, 0.5) is 11.4 Å². The molecule has 0 saturated heterocycles. The predicted octanol–water partition coefficient (Wildman–Crippen LogP) is 5.44. The number of amides is 1. The Labute approximate surface area is 184 Å². The summed E-state index contributed by atoms with van der Waals surface area (Å²) < 4.78 is 27.4. The highest BCUT2D eigenvalue weighted by atomic mass is 32.2. The minimum Gasteiger partial charge on any atom is -0.322 e. The lowest BCUT2D eigenvalue weighted by Gasteiger charge is -2.23. The molecular weight excluding hydrogens is 408 g/mol. The number of carbonyl (C=O) groups excluding carboxylic acids is 1. The molecule has 0 aliphatic rings. The molecule has 6 heteroatoms. The first-order chi connectivity index (χ1) is 14.8. The Bertz CT molecular complexity index is 1150. The highest BCUT2D eigenvalue weighted by Crippen LogP contribution is 2.26. The molecule has 3 aromatic carbocycles. The van der Waals surface area contributed by atoms with Crippen LogP contribution in [0.15, 0.2) is 96.4 Å². The third kappa shape index (κ3) is 5.03. The van der Waals surface area contributed by atoms with Gasteiger partial charge in [-0.1, -0.05) is 56.3 Å². The Morgan fingerprint density at radius 3 is 2.19 bits per heavy atom. The van der Waals surface area contributed by atoms with Gasteiger partial charge in [0.2, 0.25) is 0 Å². The van der Waals surface area contributed by atoms with Gasteiger partial charge >= 0.3 is 0 Å². The van der Waals surface area contributed by atoms with Gasteiger partial charge in [0.25, 0.3) is 15.9 Å². The molecule has 0 unspecified atom stereocenters. The van der Waals surface area contributed by atoms with Crippen molar-refractivity contribution in [3.8, 4) is 0 Å². The van der Waals surface area contributed by atoms with Gasteiger partial charge in [-0.2, -0.15) is 0 Å². The van der Waals surface area contributed by atoms with E-state index in [1.807, 2.05) is 24.3 Å². The summed E-state index contributed by atoms with van der Waals surface area (Å²) in [5.74, 6) is 0.0235. The molecule has 5 nitrogen and oxygen atoms in total. The fourth-order valence-corrected chi connectivity index (χ4v) is 4.72. The van der Waals surface area contributed by atoms with Crippen LogP contribution in [0.1, 0.15) is 35.7 Å². The Morgan fingerprint density at radius 1 is 0.968 bits per heavy atom. The summed E-state index contributed by atoms with van der Waals surface area (Å²) in [6.45, 7) is 7.93. The van der Waals surface area contributed by atoms with E-state index < -0.39 is 10.0 Å². The minimum atomic E-state index is -3.75. The van der Waals surface area contributed by atoms with Gasteiger partial charge in [0, 0.05) is 11.3 Å². The van der Waals surface area contributed by atoms with Gasteiger partial charge < -0.3 is 5.32 Å². The van der Waals surface area contributed by atoms with Crippen molar-refractivity contribution >= 4 is 27.3 Å². The van der Waals surface area contributed by atoms with E-state index in [1.165, 1.54) is 10.4 Å². The van der Waals surface area contributed by atoms with Crippen molar-refractivity contribution in [2.45, 2.75) is 24.7 Å². The molecule has 31 heavy (non-hydrogen) atoms. The lowest BCUT2D eigenvalue weighted by Crippen LogP contribution is -2.31. The van der Waals surface area contributed by atoms with E-state index in [1.54, 1.807) is 54.6 Å². The molecule has 0 atom stereocenters. The second-order valence-electron chi connectivity index (χ2n) is 7.38. The standard InChI is InChI=1S/C25H26N2O3S/c1-4-18-27(31(29,30)22-10-6-5-7-11-22)21-16-14-20(15-17-21)25(28)26-24-13-9-8-12-23(24)19(2)3/h4-17,19H,1,18H2,2-3H3,(H,26,28). The summed E-state index contributed by atoms with van der Waals surface area (Å²) in [6, 6.07) is 22.4. The molecule has 0 radical (unpaired) electrons. The fourth-order valence-electron chi connectivity index (χ4n) is 3.27. The van der Waals surface area contributed by atoms with Crippen molar-refractivity contribution in [1.82, 2.24) is 0 Å². The Morgan fingerprint density at radius 2 is 1.58 bits per heavy atom. The number of anilines is 2. The molecule has 0 spiro atoms. The summed E-state index contributed by atoms with van der Waals surface area (Å²) in [7, 11) is -3.75. The van der Waals surface area contributed by atoms with E-state index in [-0.39, 0.29) is 23.3 Å². The van der Waals surface area contributed by atoms with Crippen LogP contribution in [0.3, 0.4) is 0 Å². The maximum Gasteiger partial charge on any atom is 0.264 e. The Hall–Kier alpha value is -3.38. The first kappa shape index (κ1) is 22.3. The predicted molar refractivity (Wildman–Crippen MR) is 126 cm³/mol. The third-order valence-electron chi connectivity index (χ3n) is 4.87. The molecule has 0 heterocycles. The molecule has 1 N–H and O–H groups in total. The Balaban J connectivity index is 1.86. The Kier molecular flexibility index (Phi) is 6.92. The van der Waals surface area contributed by atoms with Gasteiger partial charge in [-0.25, -0.2) is 8.42 Å². The number of para-hydroxylation sites is 1. The van der Waals surface area contributed by atoms with Crippen molar-refractivity contribution in [3.63, 3.8) is 0 Å². The van der Waals surface area contributed by atoms with Crippen LogP contribution in [0, 0.1) is 0 Å². The monoisotopic (exact) mass is 434 g/mol. The second kappa shape index (κ2) is 9.62. The number of nitrogens with zero attached hydrogens (tertiary/aromatic N) is 1. The average molecular weight is 435 g/mol. The fraction of sp³-hybridized carbons (Fsp3) is 0.160. The third-order valence-corrected chi connectivity index (χ3v) is 6.68. The van der Waals surface area contributed by atoms with Gasteiger partial charge in [0.1, 0.15) is 0 Å². The van der Waals surface area contributed by atoms with Crippen LogP contribution < -0.4 is 9.62 Å². The van der Waals surface area contributed by atoms with Gasteiger partial charge in [0.05, 0.1) is 17.1 Å². The lowest BCUT2D eigenvalue weighted by atomic mass is 10.0. The lowest BCUT2D eigenvalue weighted by molar-refractivity contribution is 0.102. The van der Waals surface area contributed by atoms with E-state index in [4.69, 9.17) is 0 Å². The number of benzene rings is 3. The van der Waals surface area contributed by atoms with Crippen molar-refractivity contribution < 1.29 is 13.2 Å². The quantitative estimate of drug-likeness (QED) is 0.480. The number of hydrogen-bond acceptors (Lipinski definition) is 3. The van der Waals surface area contributed by atoms with Gasteiger partial charge in [-0.05, 0) is 53.9 Å². The molecule has 3 aromatic rings. The molecule has 0 aliphatic carbocycles. The molecule has 0 fully saturated rings. The smallest absolute Gasteiger partial charge is 0.264 e. The summed E-state index contributed by atoms with van der Waals surface area (Å²) in [5, 5.41) is 2.95. The maximum atomic E-state index is 13.1. The molecule has 3 rings (SSSR count). The number of hydrogen-bond donors (Lipinski definition) is 1. The van der Waals surface area contributed by atoms with E-state index >= 15 is 0 Å². The summed E-state index contributed by atoms with van der Waals surface area (Å²) in [5.41, 5.74) is 2.73. The molecular formula is C25H26N2O3S. The van der Waals surface area contributed by atoms with Crippen molar-refractivity contribution in [2.24, 2.45) is 0 Å². The van der Waals surface area contributed by atoms with E-state index in [0.29, 0.717) is 11.3 Å². The molecule has 1 amide bonds. The van der Waals surface area contributed by atoms with Gasteiger partial charge in [-0.3, -0.25) is 9.10 Å². The second-order valence-corrected chi connectivity index (χ2v) is 9.24. The van der Waals surface area contributed by atoms with Crippen LogP contribution >= 0.6 is 0 Å². The molecule has 0 saturated carbocycles. The van der Waals surface area contributed by atoms with E-state index in [9.17, 15) is 13.2 Å². The number of rotatable bonds is 8. The van der Waals surface area contributed by atoms with Crippen molar-refractivity contribution in [1.29, 1.82) is 0 Å². The maximum absolute atomic E-state index is 13.1. The van der Waals surface area contributed by atoms with Crippen molar-refractivity contribution in [2.75, 3.05) is 16.2 Å². The van der Waals surface area contributed by atoms with Crippen LogP contribution in [0.2, 0.25) is 0 Å². The van der Waals surface area contributed by atoms with Crippen LogP contribution in [-0.2, 0) is 10.0 Å². The highest BCUT2D eigenvalue weighted by molar-refractivity contribution is 7.92. The SMILES string of the molecule is C=CCN(c1ccc(C(=O)Nc2ccccc2C(C)C)cc1)S(=O)(=O)c1ccccc1. The topological polar surface area (TPSA) is 66.5 Å². The van der Waals surface area contributed by atoms with E-state index in [0.717, 1.165) is 11.3 Å². The first-order valence-corrected chi connectivity index (χ1v) is 11.5. The van der Waals surface area contributed by atoms with Crippen molar-refractivity contribution in [3.05, 3.63) is 103 Å². The molecule has 0 aliphatic heterocycles. The first-order valence-electron chi connectivity index (χ1n) is 10.0. The minimum absolute atomic E-state index is 0.116. The largest absolute Gasteiger partial charge is 0.322 e. The highest BCUT2D eigenvalue weighted by Gasteiger charge is 2.24. The normalized spacial score (nSPS) is 11.2. The van der Waals surface area contributed by atoms with Crippen LogP contribution in [0.25, 0.3) is 0 Å². The van der Waals surface area contributed by atoms with Gasteiger partial charge in [-0.15, -0.1) is 6.58 Å². The average Bonchev–Trinajstić information content (AvgIpc) is 2.78. The molecule has 0 bridgehead atoms. The zero-order chi connectivity index (χ0) is 22.4. The number of sulfonamides is 1. The van der Waals surface area contributed by atoms with Crippen LogP contribution in [-0.4, -0.2) is 20.9 Å². The summed E-state index contributed by atoms with van der Waals surface area (Å²) in [4.78, 5) is 13.0. The molecule has 0 aromatic heterocycles. The number of nitrogens with one attached hydrogen (secondary N) is 1. The number of carbonyl (C=O) groups is 1. The zero-order valence-corrected chi connectivity index (χ0v) is 18.5. The van der Waals surface area contributed by atoms with Gasteiger partial charge in [0.15, 0.2) is 0 Å². The zero-order valence-electron chi connectivity index (χ0n) is 17.7.